The first kappa shape index (κ1) is 37.4. The molecule has 0 saturated carbocycles. The van der Waals surface area contributed by atoms with Crippen molar-refractivity contribution in [2.24, 2.45) is 20.0 Å². The van der Waals surface area contributed by atoms with Crippen molar-refractivity contribution in [2.75, 3.05) is 52.1 Å². The number of carbonyl (C=O) groups is 3. The summed E-state index contributed by atoms with van der Waals surface area (Å²) in [5.74, 6) is -3.04. The fourth-order valence-corrected chi connectivity index (χ4v) is 6.87. The molecule has 1 aliphatic rings. The van der Waals surface area contributed by atoms with Crippen molar-refractivity contribution >= 4 is 35.0 Å². The van der Waals surface area contributed by atoms with E-state index in [1.165, 1.54) is 53.2 Å². The third-order valence-corrected chi connectivity index (χ3v) is 10.0. The minimum Gasteiger partial charge on any atom is -0.340 e. The molecule has 2 aromatic carbocycles. The molecule has 4 heterocycles. The van der Waals surface area contributed by atoms with Crippen molar-refractivity contribution in [3.8, 4) is 33.8 Å². The minimum absolute atomic E-state index is 0.00413. The van der Waals surface area contributed by atoms with Gasteiger partial charge >= 0.3 is 0 Å². The van der Waals surface area contributed by atoms with E-state index in [1.54, 1.807) is 35.0 Å². The molecule has 3 N–H and O–H groups in total. The first-order valence-electron chi connectivity index (χ1n) is 17.4. The van der Waals surface area contributed by atoms with Gasteiger partial charge in [-0.1, -0.05) is 24.6 Å². The van der Waals surface area contributed by atoms with Gasteiger partial charge in [0.25, 0.3) is 11.8 Å². The second kappa shape index (κ2) is 15.7. The molecule has 53 heavy (non-hydrogen) atoms. The largest absolute Gasteiger partial charge is 0.340 e. The summed E-state index contributed by atoms with van der Waals surface area (Å²) in [6.07, 6.45) is 5.90. The van der Waals surface area contributed by atoms with Gasteiger partial charge in [-0.3, -0.25) is 24.2 Å². The van der Waals surface area contributed by atoms with E-state index in [1.807, 2.05) is 11.8 Å². The van der Waals surface area contributed by atoms with E-state index in [0.717, 1.165) is 19.4 Å². The normalized spacial score (nSPS) is 13.8. The topological polar surface area (TPSA) is 138 Å². The van der Waals surface area contributed by atoms with E-state index in [9.17, 15) is 14.4 Å². The number of anilines is 1. The Morgan fingerprint density at radius 1 is 0.943 bits per heavy atom. The van der Waals surface area contributed by atoms with Gasteiger partial charge in [0.05, 0.1) is 60.7 Å². The number of quaternary nitrogens is 1. The van der Waals surface area contributed by atoms with Crippen LogP contribution in [0.15, 0.2) is 55.0 Å². The third-order valence-electron chi connectivity index (χ3n) is 9.73. The van der Waals surface area contributed by atoms with Gasteiger partial charge < -0.3 is 24.6 Å². The summed E-state index contributed by atoms with van der Waals surface area (Å²) in [4.78, 5) is 48.8. The molecule has 0 spiro atoms. The van der Waals surface area contributed by atoms with Crippen LogP contribution >= 0.6 is 11.6 Å². The molecule has 1 aliphatic heterocycles. The monoisotopic (exact) mass is 747 g/mol. The molecule has 3 amide bonds. The van der Waals surface area contributed by atoms with Gasteiger partial charge in [0.2, 0.25) is 5.91 Å². The zero-order chi connectivity index (χ0) is 38.0. The summed E-state index contributed by atoms with van der Waals surface area (Å²) in [5.41, 5.74) is 2.17. The highest BCUT2D eigenvalue weighted by atomic mass is 35.5. The van der Waals surface area contributed by atoms with Crippen LogP contribution in [0.3, 0.4) is 0 Å². The van der Waals surface area contributed by atoms with Crippen molar-refractivity contribution in [3.63, 3.8) is 0 Å². The molecule has 1 fully saturated rings. The highest BCUT2D eigenvalue weighted by Crippen LogP contribution is 2.36. The number of aromatic amines is 1. The Morgan fingerprint density at radius 3 is 2.30 bits per heavy atom. The average Bonchev–Trinajstić information content (AvgIpc) is 3.89. The average molecular weight is 748 g/mol. The number of carbonyl (C=O) groups excluding carboxylic acids is 3. The molecule has 1 unspecified atom stereocenters. The number of piperazine rings is 1. The maximum atomic E-state index is 15.6. The molecule has 0 radical (unpaired) electrons. The number of imidazole rings is 1. The number of hydrogen-bond acceptors (Lipinski definition) is 6. The van der Waals surface area contributed by atoms with E-state index in [0.29, 0.717) is 48.8 Å². The summed E-state index contributed by atoms with van der Waals surface area (Å²) in [5, 5.41) is 13.9. The van der Waals surface area contributed by atoms with E-state index in [2.05, 4.69) is 39.7 Å². The number of benzene rings is 2. The van der Waals surface area contributed by atoms with Crippen molar-refractivity contribution in [3.05, 3.63) is 83.0 Å². The Morgan fingerprint density at radius 2 is 1.64 bits per heavy atom. The lowest BCUT2D eigenvalue weighted by molar-refractivity contribution is -0.858. The highest BCUT2D eigenvalue weighted by Gasteiger charge is 2.30. The second-order valence-corrected chi connectivity index (χ2v) is 13.8. The van der Waals surface area contributed by atoms with E-state index in [-0.39, 0.29) is 51.0 Å². The second-order valence-electron chi connectivity index (χ2n) is 13.4. The Bertz CT molecular complexity index is 2150. The number of H-pyrrole nitrogens is 1. The maximum Gasteiger partial charge on any atom is 0.291 e. The lowest BCUT2D eigenvalue weighted by atomic mass is 10.00. The van der Waals surface area contributed by atoms with Crippen LogP contribution in [0.25, 0.3) is 33.8 Å². The fraction of sp³-hybridized carbons (Fsp3) is 0.351. The SMILES string of the molecule is CCC(CC[NH+](C)C)C(=O)N1CCN(C(=O)c2ccc(NC(=O)c3ncc(-c4ccc(-c5cn[nH]c5-c5ccnn5C)c(F)c4F)n3C)cc2Cl)CC1. The summed E-state index contributed by atoms with van der Waals surface area (Å²) in [6, 6.07) is 9.17. The fourth-order valence-electron chi connectivity index (χ4n) is 6.61. The van der Waals surface area contributed by atoms with Crippen LogP contribution in [-0.4, -0.2) is 104 Å². The molecule has 0 aliphatic carbocycles. The highest BCUT2D eigenvalue weighted by molar-refractivity contribution is 6.34. The number of amides is 3. The molecule has 6 rings (SSSR count). The number of halogens is 3. The van der Waals surface area contributed by atoms with Crippen LogP contribution in [0.5, 0.6) is 0 Å². The zero-order valence-corrected chi connectivity index (χ0v) is 31.0. The van der Waals surface area contributed by atoms with Crippen molar-refractivity contribution in [2.45, 2.75) is 19.8 Å². The lowest BCUT2D eigenvalue weighted by Crippen LogP contribution is -3.05. The van der Waals surface area contributed by atoms with Crippen molar-refractivity contribution < 1.29 is 28.1 Å². The number of rotatable bonds is 11. The molecule has 5 aromatic rings. The van der Waals surface area contributed by atoms with E-state index >= 15 is 8.78 Å². The van der Waals surface area contributed by atoms with Gasteiger partial charge in [-0.2, -0.15) is 10.2 Å². The number of nitrogens with zero attached hydrogens (tertiary/aromatic N) is 7. The summed E-state index contributed by atoms with van der Waals surface area (Å²) < 4.78 is 34.2. The summed E-state index contributed by atoms with van der Waals surface area (Å²) >= 11 is 6.54. The van der Waals surface area contributed by atoms with Gasteiger partial charge in [-0.25, -0.2) is 13.8 Å². The quantitative estimate of drug-likeness (QED) is 0.188. The molecule has 13 nitrogen and oxygen atoms in total. The summed E-state index contributed by atoms with van der Waals surface area (Å²) in [6.45, 7) is 4.62. The van der Waals surface area contributed by atoms with Crippen LogP contribution in [-0.2, 0) is 18.9 Å². The summed E-state index contributed by atoms with van der Waals surface area (Å²) in [7, 11) is 7.39. The van der Waals surface area contributed by atoms with Gasteiger partial charge in [0.15, 0.2) is 17.5 Å². The first-order valence-corrected chi connectivity index (χ1v) is 17.8. The van der Waals surface area contributed by atoms with Gasteiger partial charge in [0, 0.05) is 81.2 Å². The van der Waals surface area contributed by atoms with E-state index in [4.69, 9.17) is 11.6 Å². The van der Waals surface area contributed by atoms with Crippen molar-refractivity contribution in [1.82, 2.24) is 39.3 Å². The first-order chi connectivity index (χ1) is 25.4. The predicted molar refractivity (Wildman–Crippen MR) is 196 cm³/mol. The lowest BCUT2D eigenvalue weighted by Gasteiger charge is -2.36. The van der Waals surface area contributed by atoms with Crippen LogP contribution in [0, 0.1) is 17.6 Å². The number of aryl methyl sites for hydroxylation is 1. The molecule has 1 saturated heterocycles. The van der Waals surface area contributed by atoms with Crippen LogP contribution in [0.2, 0.25) is 5.02 Å². The van der Waals surface area contributed by atoms with Gasteiger partial charge in [-0.05, 0) is 36.8 Å². The van der Waals surface area contributed by atoms with Crippen molar-refractivity contribution in [1.29, 1.82) is 0 Å². The number of aromatic nitrogens is 6. The zero-order valence-electron chi connectivity index (χ0n) is 30.2. The maximum absolute atomic E-state index is 15.6. The minimum atomic E-state index is -1.11. The van der Waals surface area contributed by atoms with Crippen LogP contribution < -0.4 is 10.2 Å². The molecule has 1 atom stereocenters. The van der Waals surface area contributed by atoms with Crippen LogP contribution in [0.4, 0.5) is 14.5 Å². The Hall–Kier alpha value is -5.41. The number of hydrogen-bond donors (Lipinski definition) is 3. The molecule has 16 heteroatoms. The Labute approximate surface area is 310 Å². The van der Waals surface area contributed by atoms with Gasteiger partial charge in [0.1, 0.15) is 0 Å². The molecular formula is C37H42ClF2N10O3+. The van der Waals surface area contributed by atoms with Crippen LogP contribution in [0.1, 0.15) is 40.7 Å². The Balaban J connectivity index is 1.11. The molecular weight excluding hydrogens is 706 g/mol. The molecule has 0 bridgehead atoms. The smallest absolute Gasteiger partial charge is 0.291 e. The molecule has 3 aromatic heterocycles. The molecule has 278 valence electrons. The standard InChI is InChI=1S/C37H41ClF2N10O3/c1-6-22(12-14-46(2)3)36(52)49-15-17-50(18-16-49)37(53)25-8-7-23(19-28(25)38)44-35(51)34-41-21-30(47(34)4)26-10-9-24(31(39)32(26)40)27-20-42-45-33(27)29-11-13-43-48(29)5/h7-11,13,19-22H,6,12,14-18H2,1-5H3,(H,42,45)(H,44,51)/p+1. The number of nitrogens with one attached hydrogen (secondary N) is 3. The Kier molecular flexibility index (Phi) is 11.0. The predicted octanol–water partition coefficient (Wildman–Crippen LogP) is 3.91. The van der Waals surface area contributed by atoms with E-state index < -0.39 is 17.5 Å². The third kappa shape index (κ3) is 7.57. The van der Waals surface area contributed by atoms with Gasteiger partial charge in [-0.15, -0.1) is 0 Å².